The fraction of sp³-hybridized carbons (Fsp3) is 0.333. The first-order chi connectivity index (χ1) is 16.9. The van der Waals surface area contributed by atoms with Crippen LogP contribution in [0.15, 0.2) is 44.3 Å². The van der Waals surface area contributed by atoms with Gasteiger partial charge in [-0.05, 0) is 45.4 Å². The second-order valence-corrected chi connectivity index (χ2v) is 9.32. The van der Waals surface area contributed by atoms with Crippen LogP contribution in [0.3, 0.4) is 0 Å². The Morgan fingerprint density at radius 3 is 2.23 bits per heavy atom. The van der Waals surface area contributed by atoms with Crippen LogP contribution >= 0.6 is 23.2 Å². The van der Waals surface area contributed by atoms with Crippen LogP contribution in [0.1, 0.15) is 27.2 Å². The van der Waals surface area contributed by atoms with E-state index < -0.39 is 0 Å². The summed E-state index contributed by atoms with van der Waals surface area (Å²) in [5, 5.41) is 4.16. The SMILES string of the molecule is CCOCCCn1c(=O)c2cc(Cl)c3oc4c(N(CC)CC)cccc4c4c(Cl)cc(c1=O)c2c34. The van der Waals surface area contributed by atoms with E-state index in [9.17, 15) is 9.59 Å². The minimum Gasteiger partial charge on any atom is -0.452 e. The van der Waals surface area contributed by atoms with Crippen molar-refractivity contribution in [1.82, 2.24) is 4.57 Å². The normalized spacial score (nSPS) is 12.0. The summed E-state index contributed by atoms with van der Waals surface area (Å²) in [5.74, 6) is 0. The molecule has 182 valence electrons. The van der Waals surface area contributed by atoms with E-state index >= 15 is 0 Å². The molecule has 0 amide bonds. The van der Waals surface area contributed by atoms with Crippen molar-refractivity contribution >= 4 is 72.4 Å². The third-order valence-corrected chi connectivity index (χ3v) is 7.24. The smallest absolute Gasteiger partial charge is 0.261 e. The Labute approximate surface area is 211 Å². The largest absolute Gasteiger partial charge is 0.452 e. The molecule has 2 aromatic heterocycles. The monoisotopic (exact) mass is 512 g/mol. The van der Waals surface area contributed by atoms with Crippen LogP contribution < -0.4 is 16.0 Å². The van der Waals surface area contributed by atoms with Gasteiger partial charge in [0.25, 0.3) is 11.1 Å². The lowest BCUT2D eigenvalue weighted by Gasteiger charge is -2.23. The molecular weight excluding hydrogens is 487 g/mol. The summed E-state index contributed by atoms with van der Waals surface area (Å²) in [7, 11) is 0. The van der Waals surface area contributed by atoms with E-state index in [4.69, 9.17) is 32.4 Å². The van der Waals surface area contributed by atoms with Crippen LogP contribution in [-0.2, 0) is 11.3 Å². The highest BCUT2D eigenvalue weighted by molar-refractivity contribution is 6.45. The number of anilines is 1. The maximum atomic E-state index is 13.4. The van der Waals surface area contributed by atoms with Gasteiger partial charge in [0.05, 0.1) is 26.5 Å². The molecule has 0 saturated heterocycles. The number of benzene rings is 3. The van der Waals surface area contributed by atoms with E-state index in [-0.39, 0.29) is 17.7 Å². The molecule has 0 saturated carbocycles. The molecule has 0 radical (unpaired) electrons. The Hall–Kier alpha value is -2.80. The lowest BCUT2D eigenvalue weighted by atomic mass is 9.96. The summed E-state index contributed by atoms with van der Waals surface area (Å²) < 4.78 is 13.1. The van der Waals surface area contributed by atoms with Crippen LogP contribution in [0.5, 0.6) is 0 Å². The zero-order valence-corrected chi connectivity index (χ0v) is 21.4. The number of halogens is 2. The molecular formula is C27H26Cl2N2O4. The van der Waals surface area contributed by atoms with Crippen molar-refractivity contribution in [3.8, 4) is 0 Å². The average Bonchev–Trinajstić information content (AvgIpc) is 2.86. The first-order valence-corrected chi connectivity index (χ1v) is 12.7. The minimum atomic E-state index is -0.372. The highest BCUT2D eigenvalue weighted by atomic mass is 35.5. The van der Waals surface area contributed by atoms with Gasteiger partial charge in [-0.3, -0.25) is 14.2 Å². The predicted octanol–water partition coefficient (Wildman–Crippen LogP) is 6.43. The van der Waals surface area contributed by atoms with Gasteiger partial charge in [-0.25, -0.2) is 0 Å². The molecule has 0 aliphatic carbocycles. The van der Waals surface area contributed by atoms with E-state index in [0.29, 0.717) is 62.4 Å². The Balaban J connectivity index is 1.91. The second-order valence-electron chi connectivity index (χ2n) is 8.51. The van der Waals surface area contributed by atoms with Crippen molar-refractivity contribution in [3.63, 3.8) is 0 Å². The highest BCUT2D eigenvalue weighted by Crippen LogP contribution is 2.45. The maximum absolute atomic E-state index is 13.4. The Kier molecular flexibility index (Phi) is 6.38. The second kappa shape index (κ2) is 9.34. The van der Waals surface area contributed by atoms with E-state index in [0.717, 1.165) is 29.5 Å². The number of hydrogen-bond donors (Lipinski definition) is 0. The molecule has 8 heteroatoms. The van der Waals surface area contributed by atoms with Gasteiger partial charge in [0.15, 0.2) is 11.2 Å². The Morgan fingerprint density at radius 1 is 0.886 bits per heavy atom. The first-order valence-electron chi connectivity index (χ1n) is 11.9. The summed E-state index contributed by atoms with van der Waals surface area (Å²) in [6, 6.07) is 9.20. The van der Waals surface area contributed by atoms with Gasteiger partial charge in [-0.1, -0.05) is 35.3 Å². The quantitative estimate of drug-likeness (QED) is 0.136. The molecule has 0 aliphatic heterocycles. The van der Waals surface area contributed by atoms with Gasteiger partial charge in [0.2, 0.25) is 0 Å². The number of nitrogens with zero attached hydrogens (tertiary/aromatic N) is 2. The van der Waals surface area contributed by atoms with Crippen molar-refractivity contribution in [3.05, 3.63) is 61.1 Å². The average molecular weight is 513 g/mol. The molecule has 0 aliphatic rings. The van der Waals surface area contributed by atoms with Crippen LogP contribution in [0.4, 0.5) is 5.69 Å². The maximum Gasteiger partial charge on any atom is 0.261 e. The molecule has 3 aromatic carbocycles. The first kappa shape index (κ1) is 23.9. The highest BCUT2D eigenvalue weighted by Gasteiger charge is 2.24. The molecule has 5 rings (SSSR count). The summed E-state index contributed by atoms with van der Waals surface area (Å²) in [6.45, 7) is 8.99. The minimum absolute atomic E-state index is 0.254. The molecule has 0 bridgehead atoms. The summed E-state index contributed by atoms with van der Waals surface area (Å²) in [5.41, 5.74) is 1.28. The van der Waals surface area contributed by atoms with E-state index in [1.54, 1.807) is 12.1 Å². The fourth-order valence-corrected chi connectivity index (χ4v) is 5.59. The summed E-state index contributed by atoms with van der Waals surface area (Å²) >= 11 is 13.6. The number of rotatable bonds is 8. The molecule has 0 spiro atoms. The van der Waals surface area contributed by atoms with Crippen molar-refractivity contribution in [2.45, 2.75) is 33.7 Å². The van der Waals surface area contributed by atoms with E-state index in [1.165, 1.54) is 4.57 Å². The van der Waals surface area contributed by atoms with Crippen LogP contribution in [0.25, 0.3) is 43.5 Å². The standard InChI is InChI=1S/C27H26Cl2N2O4/c1-4-30(5-2)20-10-7-9-15-22-18(28)13-16-21-17(14-19(29)25(23(21)22)35-24(15)20)27(33)31(26(16)32)11-8-12-34-6-3/h7,9-10,13-14H,4-6,8,11-12H2,1-3H3. The molecule has 0 unspecified atom stereocenters. The Morgan fingerprint density at radius 2 is 1.57 bits per heavy atom. The van der Waals surface area contributed by atoms with E-state index in [1.807, 2.05) is 25.1 Å². The zero-order valence-electron chi connectivity index (χ0n) is 19.9. The third-order valence-electron chi connectivity index (χ3n) is 6.66. The van der Waals surface area contributed by atoms with Crippen molar-refractivity contribution in [2.24, 2.45) is 0 Å². The summed E-state index contributed by atoms with van der Waals surface area (Å²) in [6.07, 6.45) is 0.548. The predicted molar refractivity (Wildman–Crippen MR) is 145 cm³/mol. The van der Waals surface area contributed by atoms with Gasteiger partial charge < -0.3 is 14.1 Å². The number of para-hydroxylation sites is 1. The van der Waals surface area contributed by atoms with Gasteiger partial charge in [0.1, 0.15) is 0 Å². The number of hydrogen-bond acceptors (Lipinski definition) is 5. The van der Waals surface area contributed by atoms with Gasteiger partial charge in [-0.2, -0.15) is 0 Å². The van der Waals surface area contributed by atoms with Crippen molar-refractivity contribution in [1.29, 1.82) is 0 Å². The van der Waals surface area contributed by atoms with Gasteiger partial charge >= 0.3 is 0 Å². The topological polar surface area (TPSA) is 64.7 Å². The fourth-order valence-electron chi connectivity index (χ4n) is 5.04. The van der Waals surface area contributed by atoms with Crippen LogP contribution in [-0.4, -0.2) is 30.9 Å². The molecule has 5 aromatic rings. The van der Waals surface area contributed by atoms with E-state index in [2.05, 4.69) is 18.7 Å². The number of fused-ring (bicyclic) bond motifs is 2. The van der Waals surface area contributed by atoms with Gasteiger partial charge in [-0.15, -0.1) is 0 Å². The molecule has 0 fully saturated rings. The number of ether oxygens (including phenoxy) is 1. The van der Waals surface area contributed by atoms with Gasteiger partial charge in [0, 0.05) is 54.4 Å². The zero-order chi connectivity index (χ0) is 24.9. The molecule has 0 N–H and O–H groups in total. The lowest BCUT2D eigenvalue weighted by molar-refractivity contribution is 0.141. The molecule has 35 heavy (non-hydrogen) atoms. The molecule has 0 atom stereocenters. The molecule has 2 heterocycles. The Bertz CT molecular complexity index is 1650. The summed E-state index contributed by atoms with van der Waals surface area (Å²) in [4.78, 5) is 29.1. The van der Waals surface area contributed by atoms with Crippen LogP contribution in [0, 0.1) is 0 Å². The molecule has 6 nitrogen and oxygen atoms in total. The number of pyridine rings is 1. The van der Waals surface area contributed by atoms with Crippen LogP contribution in [0.2, 0.25) is 10.0 Å². The third kappa shape index (κ3) is 3.66. The lowest BCUT2D eigenvalue weighted by Crippen LogP contribution is -2.33. The van der Waals surface area contributed by atoms with Crippen molar-refractivity contribution < 1.29 is 9.15 Å². The van der Waals surface area contributed by atoms with Crippen molar-refractivity contribution in [2.75, 3.05) is 31.2 Å². The number of aromatic nitrogens is 1.